The van der Waals surface area contributed by atoms with Crippen molar-refractivity contribution < 1.29 is 14.1 Å². The van der Waals surface area contributed by atoms with Crippen LogP contribution in [0.2, 0.25) is 0 Å². The highest BCUT2D eigenvalue weighted by molar-refractivity contribution is 9.09. The summed E-state index contributed by atoms with van der Waals surface area (Å²) in [5.41, 5.74) is -1.19. The first kappa shape index (κ1) is 15.6. The number of alkyl halides is 1. The second-order valence-electron chi connectivity index (χ2n) is 4.70. The molecule has 0 atom stereocenters. The van der Waals surface area contributed by atoms with Gasteiger partial charge in [-0.05, 0) is 32.4 Å². The lowest BCUT2D eigenvalue weighted by molar-refractivity contribution is -0.385. The van der Waals surface area contributed by atoms with Crippen LogP contribution in [0.4, 0.5) is 10.1 Å². The van der Waals surface area contributed by atoms with Crippen LogP contribution < -0.4 is 5.32 Å². The molecule has 0 aliphatic carbocycles. The van der Waals surface area contributed by atoms with Gasteiger partial charge in [-0.15, -0.1) is 0 Å². The van der Waals surface area contributed by atoms with Crippen LogP contribution in [0.1, 0.15) is 30.6 Å². The molecule has 0 saturated carbocycles. The summed E-state index contributed by atoms with van der Waals surface area (Å²) in [4.78, 5) is 22.1. The fourth-order valence-electron chi connectivity index (χ4n) is 1.52. The van der Waals surface area contributed by atoms with E-state index >= 15 is 0 Å². The average Bonchev–Trinajstić information content (AvgIpc) is 2.27. The summed E-state index contributed by atoms with van der Waals surface area (Å²) in [7, 11) is 0. The first-order valence-electron chi connectivity index (χ1n) is 5.59. The Hall–Kier alpha value is -1.50. The summed E-state index contributed by atoms with van der Waals surface area (Å²) >= 11 is 3.27. The quantitative estimate of drug-likeness (QED) is 0.511. The molecule has 0 fully saturated rings. The van der Waals surface area contributed by atoms with Crippen LogP contribution in [-0.4, -0.2) is 21.7 Å². The number of amides is 1. The molecule has 0 aliphatic rings. The molecule has 0 aliphatic heterocycles. The van der Waals surface area contributed by atoms with Gasteiger partial charge in [0.15, 0.2) is 0 Å². The Kier molecular flexibility index (Phi) is 4.99. The second-order valence-corrected chi connectivity index (χ2v) is 5.49. The molecule has 19 heavy (non-hydrogen) atoms. The van der Waals surface area contributed by atoms with Crippen molar-refractivity contribution in [1.82, 2.24) is 5.32 Å². The monoisotopic (exact) mass is 332 g/mol. The Balaban J connectivity index is 3.03. The van der Waals surface area contributed by atoms with Gasteiger partial charge in [-0.1, -0.05) is 15.9 Å². The third-order valence-corrected chi connectivity index (χ3v) is 2.97. The SMILES string of the molecule is CC(C)(CCBr)NC(=O)c1ccc(F)cc1[N+](=O)[O-]. The number of nitro groups is 1. The van der Waals surface area contributed by atoms with Crippen molar-refractivity contribution >= 4 is 27.5 Å². The van der Waals surface area contributed by atoms with E-state index in [-0.39, 0.29) is 5.56 Å². The highest BCUT2D eigenvalue weighted by Gasteiger charge is 2.26. The first-order chi connectivity index (χ1) is 8.76. The van der Waals surface area contributed by atoms with Gasteiger partial charge in [-0.2, -0.15) is 0 Å². The second kappa shape index (κ2) is 6.10. The first-order valence-corrected chi connectivity index (χ1v) is 6.71. The van der Waals surface area contributed by atoms with Gasteiger partial charge in [0.05, 0.1) is 11.0 Å². The number of hydrogen-bond donors (Lipinski definition) is 1. The number of benzene rings is 1. The number of halogens is 2. The number of carbonyl (C=O) groups is 1. The van der Waals surface area contributed by atoms with Gasteiger partial charge >= 0.3 is 0 Å². The lowest BCUT2D eigenvalue weighted by Gasteiger charge is -2.25. The normalized spacial score (nSPS) is 11.2. The van der Waals surface area contributed by atoms with Crippen LogP contribution in [0.15, 0.2) is 18.2 Å². The van der Waals surface area contributed by atoms with Crippen LogP contribution in [0.3, 0.4) is 0 Å². The third kappa shape index (κ3) is 4.27. The van der Waals surface area contributed by atoms with Crippen molar-refractivity contribution in [2.24, 2.45) is 0 Å². The zero-order valence-corrected chi connectivity index (χ0v) is 12.2. The highest BCUT2D eigenvalue weighted by atomic mass is 79.9. The van der Waals surface area contributed by atoms with Crippen molar-refractivity contribution in [2.75, 3.05) is 5.33 Å². The largest absolute Gasteiger partial charge is 0.347 e. The molecule has 0 radical (unpaired) electrons. The molecule has 1 aromatic carbocycles. The predicted octanol–water partition coefficient (Wildman–Crippen LogP) is 3.03. The molecular weight excluding hydrogens is 319 g/mol. The summed E-state index contributed by atoms with van der Waals surface area (Å²) in [6.07, 6.45) is 0.660. The summed E-state index contributed by atoms with van der Waals surface area (Å²) in [5, 5.41) is 14.2. The summed E-state index contributed by atoms with van der Waals surface area (Å²) in [5.74, 6) is -1.33. The van der Waals surface area contributed by atoms with Crippen molar-refractivity contribution in [3.63, 3.8) is 0 Å². The number of rotatable bonds is 5. The van der Waals surface area contributed by atoms with Crippen molar-refractivity contribution in [1.29, 1.82) is 0 Å². The van der Waals surface area contributed by atoms with E-state index in [0.29, 0.717) is 11.8 Å². The Labute approximate surface area is 118 Å². The van der Waals surface area contributed by atoms with E-state index in [1.54, 1.807) is 0 Å². The predicted molar refractivity (Wildman–Crippen MR) is 73.0 cm³/mol. The lowest BCUT2D eigenvalue weighted by Crippen LogP contribution is -2.43. The van der Waals surface area contributed by atoms with Gasteiger partial charge in [-0.3, -0.25) is 14.9 Å². The van der Waals surface area contributed by atoms with Crippen molar-refractivity contribution in [2.45, 2.75) is 25.8 Å². The van der Waals surface area contributed by atoms with Gasteiger partial charge in [-0.25, -0.2) is 4.39 Å². The number of hydrogen-bond acceptors (Lipinski definition) is 3. The molecule has 1 aromatic rings. The van der Waals surface area contributed by atoms with Crippen LogP contribution in [0.25, 0.3) is 0 Å². The fraction of sp³-hybridized carbons (Fsp3) is 0.417. The fourth-order valence-corrected chi connectivity index (χ4v) is 2.51. The highest BCUT2D eigenvalue weighted by Crippen LogP contribution is 2.21. The van der Waals surface area contributed by atoms with Gasteiger partial charge in [0.1, 0.15) is 11.4 Å². The molecule has 1 rings (SSSR count). The van der Waals surface area contributed by atoms with E-state index in [2.05, 4.69) is 21.2 Å². The Morgan fingerprint density at radius 3 is 2.68 bits per heavy atom. The molecule has 0 saturated heterocycles. The minimum absolute atomic E-state index is 0.144. The molecule has 0 bridgehead atoms. The minimum atomic E-state index is -0.768. The number of nitro benzene ring substituents is 1. The maximum Gasteiger partial charge on any atom is 0.285 e. The Bertz CT molecular complexity index is 506. The number of nitrogens with one attached hydrogen (secondary N) is 1. The van der Waals surface area contributed by atoms with Crippen LogP contribution in [0.5, 0.6) is 0 Å². The summed E-state index contributed by atoms with van der Waals surface area (Å²) in [6.45, 7) is 3.61. The number of carbonyl (C=O) groups excluding carboxylic acids is 1. The molecule has 7 heteroatoms. The van der Waals surface area contributed by atoms with Crippen LogP contribution in [-0.2, 0) is 0 Å². The number of nitrogens with zero attached hydrogens (tertiary/aromatic N) is 1. The smallest absolute Gasteiger partial charge is 0.285 e. The van der Waals surface area contributed by atoms with Crippen molar-refractivity contribution in [3.8, 4) is 0 Å². The van der Waals surface area contributed by atoms with E-state index in [0.717, 1.165) is 18.2 Å². The minimum Gasteiger partial charge on any atom is -0.347 e. The van der Waals surface area contributed by atoms with Crippen LogP contribution >= 0.6 is 15.9 Å². The molecule has 0 aromatic heterocycles. The van der Waals surface area contributed by atoms with Crippen molar-refractivity contribution in [3.05, 3.63) is 39.7 Å². The van der Waals surface area contributed by atoms with E-state index < -0.39 is 27.9 Å². The van der Waals surface area contributed by atoms with Crippen LogP contribution in [0, 0.1) is 15.9 Å². The molecule has 0 unspecified atom stereocenters. The molecule has 104 valence electrons. The molecular formula is C12H14BrFN2O3. The average molecular weight is 333 g/mol. The zero-order valence-electron chi connectivity index (χ0n) is 10.6. The Morgan fingerprint density at radius 1 is 1.53 bits per heavy atom. The molecule has 5 nitrogen and oxygen atoms in total. The molecule has 0 spiro atoms. The van der Waals surface area contributed by atoms with Gasteiger partial charge in [0.25, 0.3) is 11.6 Å². The maximum atomic E-state index is 13.0. The standard InChI is InChI=1S/C12H14BrFN2O3/c1-12(2,5-6-13)15-11(17)9-4-3-8(14)7-10(9)16(18)19/h3-4,7H,5-6H2,1-2H3,(H,15,17). The summed E-state index contributed by atoms with van der Waals surface area (Å²) < 4.78 is 13.0. The van der Waals surface area contributed by atoms with E-state index in [9.17, 15) is 19.3 Å². The molecule has 1 N–H and O–H groups in total. The Morgan fingerprint density at radius 2 is 2.16 bits per heavy atom. The molecule has 1 amide bonds. The van der Waals surface area contributed by atoms with E-state index in [4.69, 9.17) is 0 Å². The third-order valence-electron chi connectivity index (χ3n) is 2.57. The van der Waals surface area contributed by atoms with E-state index in [1.807, 2.05) is 13.8 Å². The van der Waals surface area contributed by atoms with Gasteiger partial charge in [0, 0.05) is 10.9 Å². The lowest BCUT2D eigenvalue weighted by atomic mass is 10.0. The van der Waals surface area contributed by atoms with Gasteiger partial charge in [0.2, 0.25) is 0 Å². The molecule has 0 heterocycles. The topological polar surface area (TPSA) is 72.2 Å². The maximum absolute atomic E-state index is 13.0. The van der Waals surface area contributed by atoms with E-state index in [1.165, 1.54) is 0 Å². The zero-order chi connectivity index (χ0) is 14.6. The van der Waals surface area contributed by atoms with Gasteiger partial charge < -0.3 is 5.32 Å². The summed E-state index contributed by atoms with van der Waals surface area (Å²) in [6, 6.07) is 2.89.